The molecule has 3 rings (SSSR count). The Balaban J connectivity index is 1.89. The fourth-order valence-electron chi connectivity index (χ4n) is 2.68. The van der Waals surface area contributed by atoms with Crippen molar-refractivity contribution in [1.29, 1.82) is 0 Å². The second-order valence-electron chi connectivity index (χ2n) is 5.36. The molecule has 3 unspecified atom stereocenters. The molecule has 1 aliphatic heterocycles. The second kappa shape index (κ2) is 4.41. The van der Waals surface area contributed by atoms with E-state index >= 15 is 0 Å². The minimum absolute atomic E-state index is 0.0670. The predicted molar refractivity (Wildman–Crippen MR) is 71.4 cm³/mol. The Labute approximate surface area is 107 Å². The van der Waals surface area contributed by atoms with Gasteiger partial charge in [0, 0.05) is 11.3 Å². The molecule has 2 N–H and O–H groups in total. The number of benzene rings is 1. The summed E-state index contributed by atoms with van der Waals surface area (Å²) in [7, 11) is 0. The van der Waals surface area contributed by atoms with Crippen LogP contribution in [0.25, 0.3) is 11.0 Å². The average molecular weight is 245 g/mol. The summed E-state index contributed by atoms with van der Waals surface area (Å²) in [4.78, 5) is 0. The van der Waals surface area contributed by atoms with Crippen molar-refractivity contribution in [2.24, 2.45) is 11.7 Å². The van der Waals surface area contributed by atoms with Crippen molar-refractivity contribution in [2.45, 2.75) is 32.4 Å². The molecule has 1 fully saturated rings. The maximum Gasteiger partial charge on any atom is 0.134 e. The molecule has 1 aromatic carbocycles. The first-order chi connectivity index (χ1) is 8.63. The van der Waals surface area contributed by atoms with Crippen LogP contribution in [0.4, 0.5) is 0 Å². The highest BCUT2D eigenvalue weighted by Gasteiger charge is 2.30. The summed E-state index contributed by atoms with van der Waals surface area (Å²) in [5.74, 6) is 1.24. The van der Waals surface area contributed by atoms with Gasteiger partial charge in [-0.1, -0.05) is 11.6 Å². The molecule has 0 radical (unpaired) electrons. The molecular weight excluding hydrogens is 226 g/mol. The van der Waals surface area contributed by atoms with Gasteiger partial charge < -0.3 is 14.9 Å². The molecule has 96 valence electrons. The lowest BCUT2D eigenvalue weighted by Crippen LogP contribution is -2.21. The molecule has 1 aliphatic rings. The Morgan fingerprint density at radius 1 is 1.33 bits per heavy atom. The second-order valence-corrected chi connectivity index (χ2v) is 5.36. The van der Waals surface area contributed by atoms with E-state index in [1.165, 1.54) is 5.56 Å². The highest BCUT2D eigenvalue weighted by atomic mass is 16.5. The number of nitrogens with two attached hydrogens (primary N) is 1. The zero-order valence-corrected chi connectivity index (χ0v) is 10.8. The Bertz CT molecular complexity index is 561. The molecule has 2 heterocycles. The maximum atomic E-state index is 6.29. The van der Waals surface area contributed by atoms with Gasteiger partial charge in [0.05, 0.1) is 18.8 Å². The smallest absolute Gasteiger partial charge is 0.134 e. The lowest BCUT2D eigenvalue weighted by Gasteiger charge is -2.14. The number of fused-ring (bicyclic) bond motifs is 1. The fourth-order valence-corrected chi connectivity index (χ4v) is 2.68. The Hall–Kier alpha value is -1.32. The number of hydrogen-bond acceptors (Lipinski definition) is 3. The van der Waals surface area contributed by atoms with Crippen molar-refractivity contribution in [3.63, 3.8) is 0 Å². The van der Waals surface area contributed by atoms with Gasteiger partial charge in [0.25, 0.3) is 0 Å². The zero-order chi connectivity index (χ0) is 12.7. The summed E-state index contributed by atoms with van der Waals surface area (Å²) >= 11 is 0. The SMILES string of the molecule is Cc1ccc2oc(C(N)C3COC(C)C3)cc2c1. The first kappa shape index (κ1) is 11.8. The number of rotatable bonds is 2. The molecule has 0 amide bonds. The van der Waals surface area contributed by atoms with Gasteiger partial charge in [0.15, 0.2) is 0 Å². The van der Waals surface area contributed by atoms with E-state index in [1.54, 1.807) is 0 Å². The summed E-state index contributed by atoms with van der Waals surface area (Å²) < 4.78 is 11.4. The normalized spacial score (nSPS) is 25.7. The van der Waals surface area contributed by atoms with Gasteiger partial charge in [-0.3, -0.25) is 0 Å². The summed E-state index contributed by atoms with van der Waals surface area (Å²) in [5, 5.41) is 1.13. The van der Waals surface area contributed by atoms with Gasteiger partial charge in [0.2, 0.25) is 0 Å². The number of ether oxygens (including phenoxy) is 1. The molecular formula is C15H19NO2. The highest BCUT2D eigenvalue weighted by Crippen LogP contribution is 2.33. The van der Waals surface area contributed by atoms with Crippen LogP contribution in [-0.2, 0) is 4.74 Å². The van der Waals surface area contributed by atoms with Crippen molar-refractivity contribution in [3.8, 4) is 0 Å². The molecule has 0 bridgehead atoms. The minimum Gasteiger partial charge on any atom is -0.459 e. The van der Waals surface area contributed by atoms with Crippen LogP contribution in [0, 0.1) is 12.8 Å². The van der Waals surface area contributed by atoms with Crippen LogP contribution in [-0.4, -0.2) is 12.7 Å². The fraction of sp³-hybridized carbons (Fsp3) is 0.467. The Kier molecular flexibility index (Phi) is 2.88. The van der Waals surface area contributed by atoms with Crippen LogP contribution in [0.15, 0.2) is 28.7 Å². The highest BCUT2D eigenvalue weighted by molar-refractivity contribution is 5.78. The number of furan rings is 1. The van der Waals surface area contributed by atoms with E-state index in [-0.39, 0.29) is 6.04 Å². The number of aryl methyl sites for hydroxylation is 1. The molecule has 18 heavy (non-hydrogen) atoms. The quantitative estimate of drug-likeness (QED) is 0.884. The maximum absolute atomic E-state index is 6.29. The van der Waals surface area contributed by atoms with Crippen molar-refractivity contribution in [3.05, 3.63) is 35.6 Å². The third-order valence-electron chi connectivity index (χ3n) is 3.76. The number of hydrogen-bond donors (Lipinski definition) is 1. The molecule has 3 nitrogen and oxygen atoms in total. The molecule has 1 saturated heterocycles. The van der Waals surface area contributed by atoms with Crippen LogP contribution in [0.1, 0.15) is 30.7 Å². The van der Waals surface area contributed by atoms with E-state index < -0.39 is 0 Å². The first-order valence-corrected chi connectivity index (χ1v) is 6.51. The third kappa shape index (κ3) is 2.04. The summed E-state index contributed by atoms with van der Waals surface area (Å²) in [6.07, 6.45) is 1.32. The van der Waals surface area contributed by atoms with Crippen LogP contribution in [0.3, 0.4) is 0 Å². The lowest BCUT2D eigenvalue weighted by molar-refractivity contribution is 0.117. The van der Waals surface area contributed by atoms with Crippen LogP contribution < -0.4 is 5.73 Å². The minimum atomic E-state index is -0.0670. The summed E-state index contributed by atoms with van der Waals surface area (Å²) in [6, 6.07) is 8.19. The third-order valence-corrected chi connectivity index (χ3v) is 3.76. The lowest BCUT2D eigenvalue weighted by atomic mass is 9.96. The Morgan fingerprint density at radius 2 is 2.17 bits per heavy atom. The van der Waals surface area contributed by atoms with E-state index in [0.29, 0.717) is 12.0 Å². The molecule has 0 aliphatic carbocycles. The van der Waals surface area contributed by atoms with Gasteiger partial charge >= 0.3 is 0 Å². The standard InChI is InChI=1S/C15H19NO2/c1-9-3-4-13-11(5-9)7-14(18-13)15(16)12-6-10(2)17-8-12/h3-5,7,10,12,15H,6,8,16H2,1-2H3. The molecule has 0 spiro atoms. The van der Waals surface area contributed by atoms with Gasteiger partial charge in [0.1, 0.15) is 11.3 Å². The average Bonchev–Trinajstić information content (AvgIpc) is 2.93. The van der Waals surface area contributed by atoms with Crippen molar-refractivity contribution in [2.75, 3.05) is 6.61 Å². The molecule has 3 atom stereocenters. The molecule has 3 heteroatoms. The van der Waals surface area contributed by atoms with Crippen LogP contribution in [0.2, 0.25) is 0 Å². The van der Waals surface area contributed by atoms with E-state index in [9.17, 15) is 0 Å². The van der Waals surface area contributed by atoms with E-state index in [0.717, 1.165) is 29.8 Å². The van der Waals surface area contributed by atoms with Crippen molar-refractivity contribution in [1.82, 2.24) is 0 Å². The Morgan fingerprint density at radius 3 is 2.89 bits per heavy atom. The monoisotopic (exact) mass is 245 g/mol. The van der Waals surface area contributed by atoms with Crippen molar-refractivity contribution < 1.29 is 9.15 Å². The van der Waals surface area contributed by atoms with Gasteiger partial charge in [-0.2, -0.15) is 0 Å². The van der Waals surface area contributed by atoms with Crippen LogP contribution >= 0.6 is 0 Å². The van der Waals surface area contributed by atoms with Gasteiger partial charge in [-0.25, -0.2) is 0 Å². The van der Waals surface area contributed by atoms with E-state index in [2.05, 4.69) is 32.0 Å². The van der Waals surface area contributed by atoms with E-state index in [1.807, 2.05) is 6.07 Å². The summed E-state index contributed by atoms with van der Waals surface area (Å²) in [6.45, 7) is 4.91. The predicted octanol–water partition coefficient (Wildman–Crippen LogP) is 3.17. The van der Waals surface area contributed by atoms with Crippen molar-refractivity contribution >= 4 is 11.0 Å². The molecule has 0 saturated carbocycles. The van der Waals surface area contributed by atoms with Crippen LogP contribution in [0.5, 0.6) is 0 Å². The molecule has 1 aromatic heterocycles. The van der Waals surface area contributed by atoms with E-state index in [4.69, 9.17) is 14.9 Å². The zero-order valence-electron chi connectivity index (χ0n) is 10.8. The first-order valence-electron chi connectivity index (χ1n) is 6.51. The largest absolute Gasteiger partial charge is 0.459 e. The van der Waals surface area contributed by atoms with Gasteiger partial charge in [-0.15, -0.1) is 0 Å². The topological polar surface area (TPSA) is 48.4 Å². The molecule has 2 aromatic rings. The van der Waals surface area contributed by atoms with Gasteiger partial charge in [-0.05, 0) is 38.5 Å². The summed E-state index contributed by atoms with van der Waals surface area (Å²) in [5.41, 5.74) is 8.44.